The second-order valence-electron chi connectivity index (χ2n) is 2.92. The SMILES string of the molecule is FC1=C(C2CC2)C=CC[CH]1. The van der Waals surface area contributed by atoms with Gasteiger partial charge in [0.1, 0.15) is 5.83 Å². The fourth-order valence-corrected chi connectivity index (χ4v) is 1.29. The summed E-state index contributed by atoms with van der Waals surface area (Å²) in [5.74, 6) is 0.567. The molecule has 0 saturated heterocycles. The van der Waals surface area contributed by atoms with Crippen LogP contribution >= 0.6 is 0 Å². The van der Waals surface area contributed by atoms with Gasteiger partial charge in [0.05, 0.1) is 0 Å². The molecule has 0 aromatic carbocycles. The van der Waals surface area contributed by atoms with E-state index < -0.39 is 0 Å². The molecule has 0 aromatic rings. The number of allylic oxidation sites excluding steroid dienone is 4. The molecule has 0 aliphatic heterocycles. The van der Waals surface area contributed by atoms with Gasteiger partial charge >= 0.3 is 0 Å². The third kappa shape index (κ3) is 1.00. The Balaban J connectivity index is 2.21. The molecule has 1 fully saturated rings. The second kappa shape index (κ2) is 2.22. The van der Waals surface area contributed by atoms with E-state index in [2.05, 4.69) is 0 Å². The van der Waals surface area contributed by atoms with Crippen LogP contribution < -0.4 is 0 Å². The highest BCUT2D eigenvalue weighted by Crippen LogP contribution is 2.40. The molecule has 53 valence electrons. The molecule has 1 heteroatoms. The zero-order valence-electron chi connectivity index (χ0n) is 5.81. The third-order valence-corrected chi connectivity index (χ3v) is 2.02. The Bertz CT molecular complexity index is 197. The van der Waals surface area contributed by atoms with Gasteiger partial charge in [-0.05, 0) is 30.8 Å². The standard InChI is InChI=1S/C9H10F/c10-9-4-2-1-3-8(9)7-5-6-7/h1,3-4,7H,2,5-6H2. The van der Waals surface area contributed by atoms with Gasteiger partial charge in [0.25, 0.3) is 0 Å². The molecular weight excluding hydrogens is 127 g/mol. The highest BCUT2D eigenvalue weighted by atomic mass is 19.1. The zero-order valence-corrected chi connectivity index (χ0v) is 5.81. The van der Waals surface area contributed by atoms with Gasteiger partial charge in [0, 0.05) is 6.42 Å². The molecule has 1 radical (unpaired) electrons. The van der Waals surface area contributed by atoms with Crippen molar-refractivity contribution in [3.05, 3.63) is 30.0 Å². The average molecular weight is 137 g/mol. The summed E-state index contributed by atoms with van der Waals surface area (Å²) < 4.78 is 12.9. The minimum absolute atomic E-state index is 0.0185. The van der Waals surface area contributed by atoms with Crippen LogP contribution in [0.15, 0.2) is 23.6 Å². The van der Waals surface area contributed by atoms with Crippen molar-refractivity contribution in [2.75, 3.05) is 0 Å². The van der Waals surface area contributed by atoms with Crippen LogP contribution in [0.2, 0.25) is 0 Å². The van der Waals surface area contributed by atoms with Crippen LogP contribution in [-0.4, -0.2) is 0 Å². The summed E-state index contributed by atoms with van der Waals surface area (Å²) in [7, 11) is 0. The lowest BCUT2D eigenvalue weighted by Crippen LogP contribution is -1.92. The minimum Gasteiger partial charge on any atom is -0.211 e. The second-order valence-corrected chi connectivity index (χ2v) is 2.92. The Morgan fingerprint density at radius 1 is 1.40 bits per heavy atom. The van der Waals surface area contributed by atoms with Gasteiger partial charge < -0.3 is 0 Å². The van der Waals surface area contributed by atoms with E-state index in [0.717, 1.165) is 12.0 Å². The van der Waals surface area contributed by atoms with Gasteiger partial charge in [0.15, 0.2) is 0 Å². The highest BCUT2D eigenvalue weighted by molar-refractivity contribution is 5.35. The van der Waals surface area contributed by atoms with E-state index >= 15 is 0 Å². The van der Waals surface area contributed by atoms with Crippen molar-refractivity contribution in [3.8, 4) is 0 Å². The fraction of sp³-hybridized carbons (Fsp3) is 0.444. The summed E-state index contributed by atoms with van der Waals surface area (Å²) in [4.78, 5) is 0. The van der Waals surface area contributed by atoms with Crippen molar-refractivity contribution in [2.45, 2.75) is 19.3 Å². The van der Waals surface area contributed by atoms with Crippen LogP contribution in [0.3, 0.4) is 0 Å². The Hall–Kier alpha value is -0.590. The molecule has 2 aliphatic carbocycles. The van der Waals surface area contributed by atoms with Crippen molar-refractivity contribution < 1.29 is 4.39 Å². The summed E-state index contributed by atoms with van der Waals surface area (Å²) in [6.07, 6.45) is 8.75. The van der Waals surface area contributed by atoms with Crippen LogP contribution in [0.4, 0.5) is 4.39 Å². The summed E-state index contributed by atoms with van der Waals surface area (Å²) in [6, 6.07) is 0. The Labute approximate surface area is 60.4 Å². The maximum Gasteiger partial charge on any atom is 0.107 e. The molecule has 0 amide bonds. The van der Waals surface area contributed by atoms with Gasteiger partial charge in [-0.1, -0.05) is 12.2 Å². The van der Waals surface area contributed by atoms with Gasteiger partial charge in [-0.3, -0.25) is 0 Å². The molecule has 0 bridgehead atoms. The lowest BCUT2D eigenvalue weighted by Gasteiger charge is -2.06. The number of halogens is 1. The summed E-state index contributed by atoms with van der Waals surface area (Å²) >= 11 is 0. The molecule has 0 N–H and O–H groups in total. The first-order valence-corrected chi connectivity index (χ1v) is 3.77. The Morgan fingerprint density at radius 3 is 2.80 bits per heavy atom. The third-order valence-electron chi connectivity index (χ3n) is 2.02. The van der Waals surface area contributed by atoms with E-state index in [1.807, 2.05) is 12.2 Å². The topological polar surface area (TPSA) is 0 Å². The quantitative estimate of drug-likeness (QED) is 0.521. The van der Waals surface area contributed by atoms with Gasteiger partial charge in [-0.2, -0.15) is 0 Å². The predicted octanol–water partition coefficient (Wildman–Crippen LogP) is 2.78. The van der Waals surface area contributed by atoms with E-state index in [0.29, 0.717) is 5.92 Å². The number of rotatable bonds is 1. The van der Waals surface area contributed by atoms with Crippen molar-refractivity contribution in [2.24, 2.45) is 5.92 Å². The Kier molecular flexibility index (Phi) is 1.37. The van der Waals surface area contributed by atoms with Crippen LogP contribution in [0.1, 0.15) is 19.3 Å². The van der Waals surface area contributed by atoms with Crippen molar-refractivity contribution >= 4 is 0 Å². The van der Waals surface area contributed by atoms with Crippen molar-refractivity contribution in [1.82, 2.24) is 0 Å². The molecule has 0 aromatic heterocycles. The number of hydrogen-bond acceptors (Lipinski definition) is 0. The predicted molar refractivity (Wildman–Crippen MR) is 38.9 cm³/mol. The summed E-state index contributed by atoms with van der Waals surface area (Å²) in [5, 5.41) is 0. The average Bonchev–Trinajstić information content (AvgIpc) is 2.71. The van der Waals surface area contributed by atoms with E-state index in [1.165, 1.54) is 12.8 Å². The summed E-state index contributed by atoms with van der Waals surface area (Å²) in [5.41, 5.74) is 0.936. The highest BCUT2D eigenvalue weighted by Gasteiger charge is 2.27. The van der Waals surface area contributed by atoms with E-state index in [1.54, 1.807) is 6.42 Å². The van der Waals surface area contributed by atoms with Crippen molar-refractivity contribution in [1.29, 1.82) is 0 Å². The molecule has 10 heavy (non-hydrogen) atoms. The van der Waals surface area contributed by atoms with Gasteiger partial charge in [0.2, 0.25) is 0 Å². The normalized spacial score (nSPS) is 25.7. The fourth-order valence-electron chi connectivity index (χ4n) is 1.29. The maximum atomic E-state index is 12.9. The molecule has 2 rings (SSSR count). The first-order chi connectivity index (χ1) is 4.88. The molecular formula is C9H10F. The van der Waals surface area contributed by atoms with Gasteiger partial charge in [-0.25, -0.2) is 4.39 Å². The lowest BCUT2D eigenvalue weighted by molar-refractivity contribution is 0.621. The smallest absolute Gasteiger partial charge is 0.107 e. The summed E-state index contributed by atoms with van der Waals surface area (Å²) in [6.45, 7) is 0. The first-order valence-electron chi connectivity index (χ1n) is 3.77. The zero-order chi connectivity index (χ0) is 6.97. The first kappa shape index (κ1) is 6.14. The molecule has 1 saturated carbocycles. The van der Waals surface area contributed by atoms with Crippen LogP contribution in [0.5, 0.6) is 0 Å². The molecule has 0 heterocycles. The maximum absolute atomic E-state index is 12.9. The molecule has 0 atom stereocenters. The van der Waals surface area contributed by atoms with E-state index in [-0.39, 0.29) is 5.83 Å². The van der Waals surface area contributed by atoms with Crippen molar-refractivity contribution in [3.63, 3.8) is 0 Å². The van der Waals surface area contributed by atoms with Gasteiger partial charge in [-0.15, -0.1) is 0 Å². The molecule has 2 aliphatic rings. The van der Waals surface area contributed by atoms with Crippen LogP contribution in [-0.2, 0) is 0 Å². The molecule has 0 spiro atoms. The molecule has 0 unspecified atom stereocenters. The van der Waals surface area contributed by atoms with Crippen LogP contribution in [0.25, 0.3) is 0 Å². The van der Waals surface area contributed by atoms with E-state index in [4.69, 9.17) is 0 Å². The lowest BCUT2D eigenvalue weighted by atomic mass is 10.0. The Morgan fingerprint density at radius 2 is 2.20 bits per heavy atom. The monoisotopic (exact) mass is 137 g/mol. The van der Waals surface area contributed by atoms with E-state index in [9.17, 15) is 4.39 Å². The van der Waals surface area contributed by atoms with Crippen LogP contribution in [0, 0.1) is 12.3 Å². The largest absolute Gasteiger partial charge is 0.211 e. The number of hydrogen-bond donors (Lipinski definition) is 0. The molecule has 0 nitrogen and oxygen atoms in total. The minimum atomic E-state index is 0.0185.